The number of hydrogen-bond donors (Lipinski definition) is 0. The fraction of sp³-hybridized carbons (Fsp3) is 0. The summed E-state index contributed by atoms with van der Waals surface area (Å²) in [5.74, 6) is 0.706. The molecule has 0 amide bonds. The summed E-state index contributed by atoms with van der Waals surface area (Å²) in [4.78, 5) is 9.01. The first-order valence-corrected chi connectivity index (χ1v) is 9.34. The predicted molar refractivity (Wildman–Crippen MR) is 109 cm³/mol. The van der Waals surface area contributed by atoms with Crippen molar-refractivity contribution in [2.24, 2.45) is 0 Å². The van der Waals surface area contributed by atoms with E-state index in [0.29, 0.717) is 5.95 Å². The van der Waals surface area contributed by atoms with E-state index in [4.69, 9.17) is 0 Å². The van der Waals surface area contributed by atoms with Gasteiger partial charge in [-0.05, 0) is 30.3 Å². The van der Waals surface area contributed by atoms with Crippen LogP contribution in [0, 0.1) is 0 Å². The maximum Gasteiger partial charge on any atom is 0.234 e. The molecule has 0 N–H and O–H groups in total. The SMILES string of the molecule is c1cnc(-n2c3ccccc3c3c4c(ccc32)sc2ccccc24)nc1. The van der Waals surface area contributed by atoms with Gasteiger partial charge in [0.05, 0.1) is 11.0 Å². The van der Waals surface area contributed by atoms with E-state index in [2.05, 4.69) is 75.2 Å². The number of aromatic nitrogens is 3. The molecule has 0 saturated carbocycles. The quantitative estimate of drug-likeness (QED) is 0.367. The Morgan fingerprint density at radius 3 is 2.27 bits per heavy atom. The second-order valence-electron chi connectivity index (χ2n) is 6.33. The van der Waals surface area contributed by atoms with Gasteiger partial charge in [-0.3, -0.25) is 4.57 Å². The monoisotopic (exact) mass is 351 g/mol. The molecule has 0 radical (unpaired) electrons. The predicted octanol–water partition coefficient (Wildman–Crippen LogP) is 5.94. The molecule has 122 valence electrons. The third-order valence-corrected chi connectivity index (χ3v) is 6.06. The van der Waals surface area contributed by atoms with Crippen LogP contribution in [-0.4, -0.2) is 14.5 Å². The topological polar surface area (TPSA) is 30.7 Å². The molecule has 3 aromatic carbocycles. The Bertz CT molecular complexity index is 1430. The minimum absolute atomic E-state index is 0.706. The normalized spacial score (nSPS) is 11.8. The molecule has 0 fully saturated rings. The molecular formula is C22H13N3S. The van der Waals surface area contributed by atoms with Crippen LogP contribution in [-0.2, 0) is 0 Å². The summed E-state index contributed by atoms with van der Waals surface area (Å²) in [6.45, 7) is 0. The minimum Gasteiger partial charge on any atom is -0.278 e. The lowest BCUT2D eigenvalue weighted by molar-refractivity contribution is 0.989. The molecule has 0 spiro atoms. The summed E-state index contributed by atoms with van der Waals surface area (Å²) in [6.07, 6.45) is 3.59. The molecule has 0 unspecified atom stereocenters. The van der Waals surface area contributed by atoms with Crippen LogP contribution in [0.4, 0.5) is 0 Å². The summed E-state index contributed by atoms with van der Waals surface area (Å²) in [6, 6.07) is 23.4. The Morgan fingerprint density at radius 2 is 1.38 bits per heavy atom. The summed E-state index contributed by atoms with van der Waals surface area (Å²) in [5.41, 5.74) is 2.28. The molecular weight excluding hydrogens is 338 g/mol. The van der Waals surface area contributed by atoms with E-state index in [1.807, 2.05) is 17.4 Å². The molecule has 3 aromatic heterocycles. The number of rotatable bonds is 1. The fourth-order valence-corrected chi connectivity index (χ4v) is 5.01. The molecule has 0 bridgehead atoms. The highest BCUT2D eigenvalue weighted by Gasteiger charge is 2.17. The maximum atomic E-state index is 4.51. The highest BCUT2D eigenvalue weighted by molar-refractivity contribution is 7.26. The summed E-state index contributed by atoms with van der Waals surface area (Å²) in [5, 5.41) is 5.16. The lowest BCUT2D eigenvalue weighted by Gasteiger charge is -2.04. The molecule has 0 aliphatic rings. The number of fused-ring (bicyclic) bond motifs is 7. The lowest BCUT2D eigenvalue weighted by atomic mass is 10.1. The third-order valence-electron chi connectivity index (χ3n) is 4.93. The Labute approximate surface area is 153 Å². The van der Waals surface area contributed by atoms with E-state index in [-0.39, 0.29) is 0 Å². The number of para-hydroxylation sites is 1. The van der Waals surface area contributed by atoms with Crippen LogP contribution in [0.3, 0.4) is 0 Å². The molecule has 0 atom stereocenters. The van der Waals surface area contributed by atoms with Crippen LogP contribution >= 0.6 is 11.3 Å². The molecule has 0 aliphatic carbocycles. The van der Waals surface area contributed by atoms with Crippen LogP contribution in [0.1, 0.15) is 0 Å². The van der Waals surface area contributed by atoms with E-state index in [1.54, 1.807) is 12.4 Å². The number of nitrogens with zero attached hydrogens (tertiary/aromatic N) is 3. The standard InChI is InChI=1S/C22H13N3S/c1-3-8-16-14(6-1)20-17(25(16)22-23-12-5-13-24-22)10-11-19-21(20)15-7-2-4-9-18(15)26-19/h1-13H. The summed E-state index contributed by atoms with van der Waals surface area (Å²) in [7, 11) is 0. The average molecular weight is 351 g/mol. The van der Waals surface area contributed by atoms with Crippen molar-refractivity contribution in [3.63, 3.8) is 0 Å². The van der Waals surface area contributed by atoms with Crippen molar-refractivity contribution in [3.8, 4) is 5.95 Å². The van der Waals surface area contributed by atoms with Gasteiger partial charge in [0.2, 0.25) is 5.95 Å². The van der Waals surface area contributed by atoms with Crippen LogP contribution < -0.4 is 0 Å². The van der Waals surface area contributed by atoms with Gasteiger partial charge in [0.25, 0.3) is 0 Å². The zero-order valence-corrected chi connectivity index (χ0v) is 14.6. The molecule has 6 rings (SSSR count). The van der Waals surface area contributed by atoms with Gasteiger partial charge in [0.1, 0.15) is 0 Å². The van der Waals surface area contributed by atoms with Gasteiger partial charge in [-0.15, -0.1) is 11.3 Å². The maximum absolute atomic E-state index is 4.51. The first-order valence-electron chi connectivity index (χ1n) is 8.52. The largest absolute Gasteiger partial charge is 0.278 e. The smallest absolute Gasteiger partial charge is 0.234 e. The Kier molecular flexibility index (Phi) is 2.76. The number of benzene rings is 3. The number of hydrogen-bond acceptors (Lipinski definition) is 3. The number of thiophene rings is 1. The fourth-order valence-electron chi connectivity index (χ4n) is 3.90. The van der Waals surface area contributed by atoms with Gasteiger partial charge >= 0.3 is 0 Å². The van der Waals surface area contributed by atoms with Crippen molar-refractivity contribution in [1.82, 2.24) is 14.5 Å². The molecule has 3 heterocycles. The van der Waals surface area contributed by atoms with Gasteiger partial charge in [-0.25, -0.2) is 9.97 Å². The third kappa shape index (κ3) is 1.77. The highest BCUT2D eigenvalue weighted by Crippen LogP contribution is 2.42. The van der Waals surface area contributed by atoms with Gasteiger partial charge in [-0.1, -0.05) is 36.4 Å². The van der Waals surface area contributed by atoms with Gasteiger partial charge in [0.15, 0.2) is 0 Å². The lowest BCUT2D eigenvalue weighted by Crippen LogP contribution is -1.99. The van der Waals surface area contributed by atoms with E-state index >= 15 is 0 Å². The Balaban J connectivity index is 1.92. The molecule has 3 nitrogen and oxygen atoms in total. The average Bonchev–Trinajstić information content (AvgIpc) is 3.24. The minimum atomic E-state index is 0.706. The Morgan fingerprint density at radius 1 is 0.615 bits per heavy atom. The van der Waals surface area contributed by atoms with Gasteiger partial charge < -0.3 is 0 Å². The van der Waals surface area contributed by atoms with Gasteiger partial charge in [0, 0.05) is 43.3 Å². The molecule has 26 heavy (non-hydrogen) atoms. The molecule has 0 saturated heterocycles. The zero-order valence-electron chi connectivity index (χ0n) is 13.8. The van der Waals surface area contributed by atoms with Crippen molar-refractivity contribution < 1.29 is 0 Å². The van der Waals surface area contributed by atoms with Crippen molar-refractivity contribution >= 4 is 53.3 Å². The van der Waals surface area contributed by atoms with E-state index in [1.165, 1.54) is 30.9 Å². The molecule has 6 aromatic rings. The first-order chi connectivity index (χ1) is 12.9. The first kappa shape index (κ1) is 14.0. The van der Waals surface area contributed by atoms with Crippen molar-refractivity contribution in [2.75, 3.05) is 0 Å². The second kappa shape index (κ2) is 5.13. The van der Waals surface area contributed by atoms with Crippen molar-refractivity contribution in [1.29, 1.82) is 0 Å². The van der Waals surface area contributed by atoms with Gasteiger partial charge in [-0.2, -0.15) is 0 Å². The van der Waals surface area contributed by atoms with E-state index in [0.717, 1.165) is 11.0 Å². The second-order valence-corrected chi connectivity index (χ2v) is 7.42. The molecule has 0 aliphatic heterocycles. The van der Waals surface area contributed by atoms with E-state index < -0.39 is 0 Å². The van der Waals surface area contributed by atoms with Crippen LogP contribution in [0.15, 0.2) is 79.1 Å². The van der Waals surface area contributed by atoms with Crippen LogP contribution in [0.2, 0.25) is 0 Å². The molecule has 4 heteroatoms. The van der Waals surface area contributed by atoms with Crippen molar-refractivity contribution in [2.45, 2.75) is 0 Å². The highest BCUT2D eigenvalue weighted by atomic mass is 32.1. The Hall–Kier alpha value is -3.24. The van der Waals surface area contributed by atoms with E-state index in [9.17, 15) is 0 Å². The summed E-state index contributed by atoms with van der Waals surface area (Å²) < 4.78 is 4.80. The summed E-state index contributed by atoms with van der Waals surface area (Å²) >= 11 is 1.85. The zero-order chi connectivity index (χ0) is 17.1. The van der Waals surface area contributed by atoms with Crippen LogP contribution in [0.5, 0.6) is 0 Å². The van der Waals surface area contributed by atoms with Crippen molar-refractivity contribution in [3.05, 3.63) is 79.1 Å². The van der Waals surface area contributed by atoms with Crippen LogP contribution in [0.25, 0.3) is 47.9 Å².